The number of nitrogens with zero attached hydrogens (tertiary/aromatic N) is 3. The van der Waals surface area contributed by atoms with Gasteiger partial charge in [0.15, 0.2) is 0 Å². The normalized spacial score (nSPS) is 21.7. The number of fused-ring (bicyclic) bond motifs is 1. The highest BCUT2D eigenvalue weighted by Gasteiger charge is 2.29. The zero-order valence-electron chi connectivity index (χ0n) is 21.8. The summed E-state index contributed by atoms with van der Waals surface area (Å²) in [6.45, 7) is 13.0. The molecule has 2 atom stereocenters. The van der Waals surface area contributed by atoms with Crippen LogP contribution in [0, 0.1) is 19.8 Å². The highest BCUT2D eigenvalue weighted by atomic mass is 16.5. The summed E-state index contributed by atoms with van der Waals surface area (Å²) in [6, 6.07) is 12.0. The molecule has 2 fully saturated rings. The smallest absolute Gasteiger partial charge is 0.257 e. The molecule has 0 aliphatic carbocycles. The predicted molar refractivity (Wildman–Crippen MR) is 139 cm³/mol. The number of morpholine rings is 1. The van der Waals surface area contributed by atoms with Crippen molar-refractivity contribution < 1.29 is 18.8 Å². The van der Waals surface area contributed by atoms with Crippen LogP contribution in [0.5, 0.6) is 5.75 Å². The summed E-state index contributed by atoms with van der Waals surface area (Å²) in [5, 5.41) is 6.12. The van der Waals surface area contributed by atoms with Gasteiger partial charge in [-0.15, -0.1) is 0 Å². The lowest BCUT2D eigenvalue weighted by Gasteiger charge is -2.39. The highest BCUT2D eigenvalue weighted by Crippen LogP contribution is 2.30. The van der Waals surface area contributed by atoms with Crippen LogP contribution < -0.4 is 4.74 Å². The molecule has 2 aliphatic heterocycles. The predicted octanol–water partition coefficient (Wildman–Crippen LogP) is 4.99. The molecule has 36 heavy (non-hydrogen) atoms. The van der Waals surface area contributed by atoms with E-state index in [2.05, 4.69) is 23.9 Å². The van der Waals surface area contributed by atoms with Gasteiger partial charge in [-0.05, 0) is 69.4 Å². The third kappa shape index (κ3) is 5.42. The number of ether oxygens (including phenoxy) is 2. The molecule has 0 saturated carbocycles. The molecular weight excluding hydrogens is 454 g/mol. The number of amides is 1. The molecule has 2 unspecified atom stereocenters. The Kier molecular flexibility index (Phi) is 7.30. The van der Waals surface area contributed by atoms with Gasteiger partial charge in [0.05, 0.1) is 29.0 Å². The van der Waals surface area contributed by atoms with Crippen LogP contribution in [0.4, 0.5) is 0 Å². The van der Waals surface area contributed by atoms with Gasteiger partial charge >= 0.3 is 0 Å². The molecule has 192 valence electrons. The van der Waals surface area contributed by atoms with Crippen molar-refractivity contribution in [3.8, 4) is 5.75 Å². The molecule has 2 aromatic carbocycles. The van der Waals surface area contributed by atoms with Crippen LogP contribution in [0.2, 0.25) is 0 Å². The second-order valence-corrected chi connectivity index (χ2v) is 10.5. The van der Waals surface area contributed by atoms with Crippen LogP contribution in [0.1, 0.15) is 54.1 Å². The summed E-state index contributed by atoms with van der Waals surface area (Å²) in [4.78, 5) is 18.3. The summed E-state index contributed by atoms with van der Waals surface area (Å²) in [6.07, 6.45) is 2.61. The molecule has 0 radical (unpaired) electrons. The zero-order valence-corrected chi connectivity index (χ0v) is 21.8. The number of aromatic nitrogens is 1. The SMILES string of the molecule is Cc1noc(C)c1COc1cc2ccccc2cc1C(=O)N1CCC(CN2CC(C)OC(C)C2)CC1. The van der Waals surface area contributed by atoms with Gasteiger partial charge in [0.1, 0.15) is 18.1 Å². The number of hydrogen-bond donors (Lipinski definition) is 0. The van der Waals surface area contributed by atoms with Gasteiger partial charge in [0, 0.05) is 32.7 Å². The quantitative estimate of drug-likeness (QED) is 0.484. The largest absolute Gasteiger partial charge is 0.488 e. The van der Waals surface area contributed by atoms with E-state index in [9.17, 15) is 4.79 Å². The van der Waals surface area contributed by atoms with Gasteiger partial charge in [0.25, 0.3) is 5.91 Å². The van der Waals surface area contributed by atoms with Crippen LogP contribution in [-0.2, 0) is 11.3 Å². The van der Waals surface area contributed by atoms with Gasteiger partial charge in [-0.2, -0.15) is 0 Å². The first kappa shape index (κ1) is 24.8. The fourth-order valence-corrected chi connectivity index (χ4v) is 5.65. The minimum absolute atomic E-state index is 0.0431. The first-order valence-corrected chi connectivity index (χ1v) is 13.1. The molecule has 0 N–H and O–H groups in total. The second kappa shape index (κ2) is 10.6. The van der Waals surface area contributed by atoms with Crippen LogP contribution >= 0.6 is 0 Å². The maximum atomic E-state index is 13.7. The third-order valence-corrected chi connectivity index (χ3v) is 7.54. The van der Waals surface area contributed by atoms with E-state index in [1.165, 1.54) is 0 Å². The van der Waals surface area contributed by atoms with E-state index in [0.717, 1.165) is 73.4 Å². The summed E-state index contributed by atoms with van der Waals surface area (Å²) in [5.41, 5.74) is 2.36. The number of likely N-dealkylation sites (tertiary alicyclic amines) is 1. The Morgan fingerprint density at radius 3 is 2.36 bits per heavy atom. The van der Waals surface area contributed by atoms with Crippen molar-refractivity contribution in [3.05, 3.63) is 59.0 Å². The van der Waals surface area contributed by atoms with E-state index in [4.69, 9.17) is 14.0 Å². The Morgan fingerprint density at radius 2 is 1.72 bits per heavy atom. The second-order valence-electron chi connectivity index (χ2n) is 10.5. The van der Waals surface area contributed by atoms with Crippen LogP contribution in [0.25, 0.3) is 10.8 Å². The highest BCUT2D eigenvalue weighted by molar-refractivity contribution is 6.01. The monoisotopic (exact) mass is 491 g/mol. The minimum Gasteiger partial charge on any atom is -0.488 e. The molecular formula is C29H37N3O4. The number of carbonyl (C=O) groups excluding carboxylic acids is 1. The lowest BCUT2D eigenvalue weighted by molar-refractivity contribution is -0.0728. The Balaban J connectivity index is 1.29. The molecule has 7 nitrogen and oxygen atoms in total. The molecule has 3 heterocycles. The molecule has 3 aromatic rings. The number of benzene rings is 2. The summed E-state index contributed by atoms with van der Waals surface area (Å²) < 4.78 is 17.4. The van der Waals surface area contributed by atoms with Crippen LogP contribution in [0.15, 0.2) is 40.9 Å². The fourth-order valence-electron chi connectivity index (χ4n) is 5.65. The fraction of sp³-hybridized carbons (Fsp3) is 0.517. The Hall–Kier alpha value is -2.90. The maximum absolute atomic E-state index is 13.7. The zero-order chi connectivity index (χ0) is 25.2. The van der Waals surface area contributed by atoms with Gasteiger partial charge in [-0.1, -0.05) is 29.4 Å². The Bertz CT molecular complexity index is 1180. The summed E-state index contributed by atoms with van der Waals surface area (Å²) >= 11 is 0. The van der Waals surface area contributed by atoms with E-state index < -0.39 is 0 Å². The molecule has 0 bridgehead atoms. The maximum Gasteiger partial charge on any atom is 0.257 e. The van der Waals surface area contributed by atoms with Crippen molar-refractivity contribution in [1.82, 2.24) is 15.0 Å². The van der Waals surface area contributed by atoms with Gasteiger partial charge in [0.2, 0.25) is 0 Å². The number of rotatable bonds is 6. The average Bonchev–Trinajstić information content (AvgIpc) is 3.18. The lowest BCUT2D eigenvalue weighted by atomic mass is 9.94. The van der Waals surface area contributed by atoms with Crippen molar-refractivity contribution in [2.24, 2.45) is 5.92 Å². The van der Waals surface area contributed by atoms with Crippen LogP contribution in [-0.4, -0.2) is 65.8 Å². The molecule has 0 spiro atoms. The minimum atomic E-state index is 0.0431. The number of carbonyl (C=O) groups is 1. The number of piperidine rings is 1. The molecule has 2 aliphatic rings. The third-order valence-electron chi connectivity index (χ3n) is 7.54. The Labute approximate surface area is 213 Å². The lowest BCUT2D eigenvalue weighted by Crippen LogP contribution is -2.48. The van der Waals surface area contributed by atoms with Gasteiger partial charge < -0.3 is 18.9 Å². The summed E-state index contributed by atoms with van der Waals surface area (Å²) in [7, 11) is 0. The van der Waals surface area contributed by atoms with Gasteiger partial charge in [-0.25, -0.2) is 0 Å². The van der Waals surface area contributed by atoms with E-state index in [1.807, 2.05) is 55.1 Å². The van der Waals surface area contributed by atoms with E-state index >= 15 is 0 Å². The van der Waals surface area contributed by atoms with E-state index in [1.54, 1.807) is 0 Å². The molecule has 1 amide bonds. The summed E-state index contributed by atoms with van der Waals surface area (Å²) in [5.74, 6) is 2.00. The standard InChI is InChI=1S/C29H37N3O4/c1-19-15-31(16-20(2)35-19)17-23-9-11-32(12-10-23)29(33)26-13-24-7-5-6-8-25(24)14-28(26)34-18-27-21(3)30-36-22(27)4/h5-8,13-14,19-20,23H,9-12,15-18H2,1-4H3. The topological polar surface area (TPSA) is 68.0 Å². The van der Waals surface area contributed by atoms with E-state index in [-0.39, 0.29) is 18.1 Å². The van der Waals surface area contributed by atoms with Gasteiger partial charge in [-0.3, -0.25) is 9.69 Å². The Morgan fingerprint density at radius 1 is 1.06 bits per heavy atom. The molecule has 2 saturated heterocycles. The van der Waals surface area contributed by atoms with Crippen molar-refractivity contribution in [2.75, 3.05) is 32.7 Å². The van der Waals surface area contributed by atoms with Crippen molar-refractivity contribution in [3.63, 3.8) is 0 Å². The average molecular weight is 492 g/mol. The first-order chi connectivity index (χ1) is 17.4. The van der Waals surface area contributed by atoms with Crippen molar-refractivity contribution >= 4 is 16.7 Å². The van der Waals surface area contributed by atoms with E-state index in [0.29, 0.717) is 23.8 Å². The number of aryl methyl sites for hydroxylation is 2. The molecule has 5 rings (SSSR count). The molecule has 1 aromatic heterocycles. The van der Waals surface area contributed by atoms with Crippen LogP contribution in [0.3, 0.4) is 0 Å². The van der Waals surface area contributed by atoms with Crippen molar-refractivity contribution in [2.45, 2.75) is 59.4 Å². The van der Waals surface area contributed by atoms with Crippen molar-refractivity contribution in [1.29, 1.82) is 0 Å². The first-order valence-electron chi connectivity index (χ1n) is 13.1. The number of hydrogen-bond acceptors (Lipinski definition) is 6. The molecule has 7 heteroatoms.